The molecule has 0 spiro atoms. The Labute approximate surface area is 152 Å². The molecule has 8 heteroatoms. The number of hydrogen-bond acceptors (Lipinski definition) is 7. The van der Waals surface area contributed by atoms with Crippen molar-refractivity contribution in [3.63, 3.8) is 0 Å². The van der Waals surface area contributed by atoms with Crippen LogP contribution in [-0.4, -0.2) is 68.5 Å². The largest absolute Gasteiger partial charge is 0.748 e. The van der Waals surface area contributed by atoms with Crippen LogP contribution in [0, 0.1) is 0 Å². The van der Waals surface area contributed by atoms with Crippen LogP contribution in [0.4, 0.5) is 0 Å². The number of carbonyl (C=O) groups excluding carboxylic acids is 1. The van der Waals surface area contributed by atoms with E-state index in [4.69, 9.17) is 9.47 Å². The number of rotatable bonds is 6. The van der Waals surface area contributed by atoms with Crippen molar-refractivity contribution in [1.82, 2.24) is 4.90 Å². The van der Waals surface area contributed by atoms with E-state index in [-0.39, 0.29) is 6.54 Å². The number of benzene rings is 2. The fourth-order valence-electron chi connectivity index (χ4n) is 2.96. The number of nitrogens with zero attached hydrogens (tertiary/aromatic N) is 1. The molecule has 0 bridgehead atoms. The summed E-state index contributed by atoms with van der Waals surface area (Å²) in [5.41, 5.74) is 0.318. The molecule has 7 nitrogen and oxygen atoms in total. The quantitative estimate of drug-likeness (QED) is 0.551. The maximum atomic E-state index is 12.5. The number of ether oxygens (including phenoxy) is 2. The molecule has 1 aliphatic rings. The van der Waals surface area contributed by atoms with Gasteiger partial charge in [-0.05, 0) is 22.9 Å². The smallest absolute Gasteiger partial charge is 0.338 e. The fourth-order valence-corrected chi connectivity index (χ4v) is 3.59. The van der Waals surface area contributed by atoms with Gasteiger partial charge in [-0.25, -0.2) is 13.2 Å². The van der Waals surface area contributed by atoms with Crippen LogP contribution < -0.4 is 0 Å². The molecule has 140 valence electrons. The normalized spacial score (nSPS) is 17.1. The van der Waals surface area contributed by atoms with Crippen LogP contribution in [0.15, 0.2) is 42.5 Å². The molecule has 0 amide bonds. The number of fused-ring (bicyclic) bond motifs is 1. The maximum Gasteiger partial charge on any atom is 0.338 e. The van der Waals surface area contributed by atoms with Crippen LogP contribution in [0.5, 0.6) is 0 Å². The van der Waals surface area contributed by atoms with Gasteiger partial charge in [0.05, 0.1) is 34.6 Å². The molecule has 1 fully saturated rings. The summed E-state index contributed by atoms with van der Waals surface area (Å²) in [7, 11) is -4.52. The predicted molar refractivity (Wildman–Crippen MR) is 95.0 cm³/mol. The highest BCUT2D eigenvalue weighted by atomic mass is 32.2. The molecule has 1 saturated heterocycles. The monoisotopic (exact) mass is 378 g/mol. The Morgan fingerprint density at radius 1 is 1.15 bits per heavy atom. The van der Waals surface area contributed by atoms with E-state index in [0.29, 0.717) is 31.9 Å². The molecule has 0 saturated carbocycles. The zero-order valence-electron chi connectivity index (χ0n) is 14.2. The molecule has 1 heterocycles. The summed E-state index contributed by atoms with van der Waals surface area (Å²) in [5.74, 6) is -1.39. The zero-order valence-corrected chi connectivity index (χ0v) is 15.0. The predicted octanol–water partition coefficient (Wildman–Crippen LogP) is 1.24. The molecule has 0 N–H and O–H groups in total. The summed E-state index contributed by atoms with van der Waals surface area (Å²) < 4.78 is 44.2. The van der Waals surface area contributed by atoms with Gasteiger partial charge in [-0.15, -0.1) is 0 Å². The molecule has 26 heavy (non-hydrogen) atoms. The van der Waals surface area contributed by atoms with Crippen molar-refractivity contribution in [3.05, 3.63) is 48.0 Å². The third-order valence-electron chi connectivity index (χ3n) is 4.21. The number of hydrogen-bond donors (Lipinski definition) is 0. The van der Waals surface area contributed by atoms with Crippen LogP contribution in [0.3, 0.4) is 0 Å². The molecule has 0 aliphatic carbocycles. The lowest BCUT2D eigenvalue weighted by Crippen LogP contribution is -2.44. The Morgan fingerprint density at radius 2 is 1.85 bits per heavy atom. The van der Waals surface area contributed by atoms with Crippen molar-refractivity contribution in [2.75, 3.05) is 38.6 Å². The molecule has 2 aromatic rings. The van der Waals surface area contributed by atoms with Crippen molar-refractivity contribution in [2.24, 2.45) is 0 Å². The van der Waals surface area contributed by atoms with Gasteiger partial charge in [-0.3, -0.25) is 4.90 Å². The highest BCUT2D eigenvalue weighted by Gasteiger charge is 2.23. The summed E-state index contributed by atoms with van der Waals surface area (Å²) in [4.78, 5) is 14.4. The zero-order chi connectivity index (χ0) is 18.6. The van der Waals surface area contributed by atoms with Crippen LogP contribution >= 0.6 is 0 Å². The Morgan fingerprint density at radius 3 is 2.54 bits per heavy atom. The van der Waals surface area contributed by atoms with Crippen LogP contribution in [0.25, 0.3) is 10.8 Å². The van der Waals surface area contributed by atoms with Gasteiger partial charge >= 0.3 is 5.97 Å². The topological polar surface area (TPSA) is 96.0 Å². The minimum atomic E-state index is -4.52. The lowest BCUT2D eigenvalue weighted by molar-refractivity contribution is 0.000939. The number of carbonyl (C=O) groups is 1. The van der Waals surface area contributed by atoms with Crippen molar-refractivity contribution < 1.29 is 27.2 Å². The van der Waals surface area contributed by atoms with Crippen molar-refractivity contribution in [3.8, 4) is 0 Å². The van der Waals surface area contributed by atoms with Gasteiger partial charge in [0, 0.05) is 19.6 Å². The first-order valence-corrected chi connectivity index (χ1v) is 9.92. The molecule has 1 aliphatic heterocycles. The average Bonchev–Trinajstić information content (AvgIpc) is 2.60. The first kappa shape index (κ1) is 18.8. The van der Waals surface area contributed by atoms with E-state index < -0.39 is 27.9 Å². The molecule has 0 aromatic heterocycles. The second-order valence-corrected chi connectivity index (χ2v) is 7.68. The average molecular weight is 378 g/mol. The van der Waals surface area contributed by atoms with Crippen LogP contribution in [-0.2, 0) is 19.6 Å². The van der Waals surface area contributed by atoms with Crippen molar-refractivity contribution in [1.29, 1.82) is 0 Å². The third-order valence-corrected chi connectivity index (χ3v) is 4.99. The lowest BCUT2D eigenvalue weighted by atomic mass is 10.1. The van der Waals surface area contributed by atoms with Crippen LogP contribution in [0.2, 0.25) is 0 Å². The van der Waals surface area contributed by atoms with Gasteiger partial charge in [-0.2, -0.15) is 0 Å². The Bertz CT molecular complexity index is 876. The van der Waals surface area contributed by atoms with Gasteiger partial charge in [-0.1, -0.05) is 30.3 Å². The van der Waals surface area contributed by atoms with E-state index in [1.165, 1.54) is 0 Å². The number of morpholine rings is 1. The van der Waals surface area contributed by atoms with Gasteiger partial charge in [0.15, 0.2) is 0 Å². The third kappa shape index (κ3) is 5.25. The minimum Gasteiger partial charge on any atom is -0.748 e. The maximum absolute atomic E-state index is 12.5. The highest BCUT2D eigenvalue weighted by molar-refractivity contribution is 7.85. The molecular weight excluding hydrogens is 358 g/mol. The van der Waals surface area contributed by atoms with Crippen LogP contribution in [0.1, 0.15) is 10.4 Å². The first-order valence-electron chi connectivity index (χ1n) is 8.34. The Balaban J connectivity index is 1.73. The summed E-state index contributed by atoms with van der Waals surface area (Å²) >= 11 is 0. The van der Waals surface area contributed by atoms with E-state index in [0.717, 1.165) is 10.8 Å². The second kappa shape index (κ2) is 8.13. The molecule has 1 unspecified atom stereocenters. The summed E-state index contributed by atoms with van der Waals surface area (Å²) in [6.07, 6.45) is -1.02. The van der Waals surface area contributed by atoms with E-state index in [1.807, 2.05) is 29.2 Å². The van der Waals surface area contributed by atoms with E-state index in [1.54, 1.807) is 18.2 Å². The lowest BCUT2D eigenvalue weighted by Gasteiger charge is -2.30. The molecule has 3 rings (SSSR count). The SMILES string of the molecule is O=C(OC(CN1CCOCC1)CS(=O)(=O)[O-])c1ccc2ccccc2c1. The Kier molecular flexibility index (Phi) is 5.87. The summed E-state index contributed by atoms with van der Waals surface area (Å²) in [5, 5.41) is 1.86. The van der Waals surface area contributed by atoms with Gasteiger partial charge in [0.2, 0.25) is 0 Å². The van der Waals surface area contributed by atoms with Gasteiger partial charge in [0.25, 0.3) is 0 Å². The van der Waals surface area contributed by atoms with E-state index >= 15 is 0 Å². The molecule has 2 aromatic carbocycles. The summed E-state index contributed by atoms with van der Waals surface area (Å²) in [6, 6.07) is 12.7. The molecule has 1 atom stereocenters. The van der Waals surface area contributed by atoms with E-state index in [9.17, 15) is 17.8 Å². The fraction of sp³-hybridized carbons (Fsp3) is 0.389. The first-order chi connectivity index (χ1) is 12.4. The molecule has 0 radical (unpaired) electrons. The van der Waals surface area contributed by atoms with Gasteiger partial charge < -0.3 is 14.0 Å². The second-order valence-electron chi connectivity index (χ2n) is 6.23. The van der Waals surface area contributed by atoms with Crippen molar-refractivity contribution in [2.45, 2.75) is 6.10 Å². The minimum absolute atomic E-state index is 0.185. The van der Waals surface area contributed by atoms with E-state index in [2.05, 4.69) is 0 Å². The van der Waals surface area contributed by atoms with Gasteiger partial charge in [0.1, 0.15) is 6.10 Å². The van der Waals surface area contributed by atoms with Crippen molar-refractivity contribution >= 4 is 26.9 Å². The summed E-state index contributed by atoms with van der Waals surface area (Å²) in [6.45, 7) is 2.43. The highest BCUT2D eigenvalue weighted by Crippen LogP contribution is 2.17. The molecular formula is C18H20NO6S-. The Hall–Kier alpha value is -2.00. The standard InChI is InChI=1S/C18H21NO6S/c20-18(16-6-5-14-3-1-2-4-15(14)11-16)25-17(13-26(21,22)23)12-19-7-9-24-10-8-19/h1-6,11,17H,7-10,12-13H2,(H,21,22,23)/p-1. The number of esters is 1.